The van der Waals surface area contributed by atoms with Crippen molar-refractivity contribution in [3.8, 4) is 5.69 Å². The van der Waals surface area contributed by atoms with Crippen LogP contribution in [0.5, 0.6) is 0 Å². The zero-order valence-electron chi connectivity index (χ0n) is 17.4. The summed E-state index contributed by atoms with van der Waals surface area (Å²) in [5, 5.41) is 8.30. The molecule has 2 aromatic heterocycles. The molecule has 0 radical (unpaired) electrons. The quantitative estimate of drug-likeness (QED) is 0.596. The number of carbonyl (C=O) groups excluding carboxylic acids is 1. The van der Waals surface area contributed by atoms with Crippen LogP contribution in [0.3, 0.4) is 0 Å². The first-order valence-electron chi connectivity index (χ1n) is 10.0. The third-order valence-electron chi connectivity index (χ3n) is 4.89. The predicted octanol–water partition coefficient (Wildman–Crippen LogP) is 2.54. The molecule has 4 rings (SSSR count). The number of hydrogen-bond acceptors (Lipinski definition) is 7. The zero-order valence-corrected chi connectivity index (χ0v) is 17.4. The third-order valence-corrected chi connectivity index (χ3v) is 4.89. The fourth-order valence-corrected chi connectivity index (χ4v) is 3.34. The van der Waals surface area contributed by atoms with Crippen LogP contribution in [0.1, 0.15) is 22.3 Å². The molecule has 3 aromatic rings. The maximum absolute atomic E-state index is 13.4. The van der Waals surface area contributed by atoms with E-state index in [9.17, 15) is 9.18 Å². The predicted molar refractivity (Wildman–Crippen MR) is 116 cm³/mol. The number of pyridine rings is 1. The van der Waals surface area contributed by atoms with E-state index in [4.69, 9.17) is 10.5 Å². The van der Waals surface area contributed by atoms with Gasteiger partial charge in [0.1, 0.15) is 12.0 Å². The molecule has 1 atom stereocenters. The average molecular weight is 435 g/mol. The van der Waals surface area contributed by atoms with Crippen molar-refractivity contribution in [2.45, 2.75) is 19.6 Å². The Bertz CT molecular complexity index is 1140. The normalized spacial score (nSPS) is 16.8. The van der Waals surface area contributed by atoms with E-state index < -0.39 is 12.0 Å². The average Bonchev–Trinajstić information content (AvgIpc) is 3.47. The molecule has 9 nitrogen and oxygen atoms in total. The van der Waals surface area contributed by atoms with Crippen molar-refractivity contribution in [3.63, 3.8) is 0 Å². The molecule has 10 heteroatoms. The number of aromatic nitrogens is 4. The topological polar surface area (TPSA) is 112 Å². The SMILES string of the molecule is Cc1ccc(-n2nccn2)c(C(=O)N2CCOC2CC(N)=CC=Nc2ccc(F)cn2)c1. The Balaban J connectivity index is 1.48. The van der Waals surface area contributed by atoms with Gasteiger partial charge in [-0.1, -0.05) is 11.6 Å². The van der Waals surface area contributed by atoms with Gasteiger partial charge in [-0.2, -0.15) is 15.0 Å². The Hall–Kier alpha value is -3.92. The van der Waals surface area contributed by atoms with Crippen LogP contribution in [0.2, 0.25) is 0 Å². The van der Waals surface area contributed by atoms with E-state index in [2.05, 4.69) is 20.2 Å². The van der Waals surface area contributed by atoms with E-state index in [1.807, 2.05) is 25.1 Å². The van der Waals surface area contributed by atoms with Crippen molar-refractivity contribution in [2.75, 3.05) is 13.2 Å². The summed E-state index contributed by atoms with van der Waals surface area (Å²) in [4.78, 5) is 24.4. The number of aryl methyl sites for hydroxylation is 1. The van der Waals surface area contributed by atoms with Gasteiger partial charge in [0.15, 0.2) is 5.82 Å². The van der Waals surface area contributed by atoms with Crippen LogP contribution >= 0.6 is 0 Å². The van der Waals surface area contributed by atoms with Crippen LogP contribution in [0.25, 0.3) is 5.69 Å². The van der Waals surface area contributed by atoms with E-state index >= 15 is 0 Å². The van der Waals surface area contributed by atoms with Gasteiger partial charge in [-0.3, -0.25) is 4.79 Å². The first-order valence-corrected chi connectivity index (χ1v) is 10.0. The number of hydrogen-bond donors (Lipinski definition) is 1. The molecule has 1 fully saturated rings. The maximum Gasteiger partial charge on any atom is 0.258 e. The van der Waals surface area contributed by atoms with Gasteiger partial charge in [0.2, 0.25) is 0 Å². The van der Waals surface area contributed by atoms with Gasteiger partial charge >= 0.3 is 0 Å². The van der Waals surface area contributed by atoms with Gasteiger partial charge in [0.05, 0.1) is 36.4 Å². The van der Waals surface area contributed by atoms with Gasteiger partial charge < -0.3 is 15.4 Å². The van der Waals surface area contributed by atoms with E-state index in [1.54, 1.807) is 23.4 Å². The minimum atomic E-state index is -0.505. The van der Waals surface area contributed by atoms with Gasteiger partial charge in [-0.05, 0) is 37.3 Å². The molecule has 1 saturated heterocycles. The summed E-state index contributed by atoms with van der Waals surface area (Å²) in [5.74, 6) is -0.244. The fraction of sp³-hybridized carbons (Fsp3) is 0.227. The second-order valence-electron chi connectivity index (χ2n) is 7.22. The highest BCUT2D eigenvalue weighted by molar-refractivity contribution is 5.98. The number of rotatable bonds is 6. The van der Waals surface area contributed by atoms with Crippen LogP contribution < -0.4 is 5.73 Å². The number of ether oxygens (including phenoxy) is 1. The van der Waals surface area contributed by atoms with Crippen molar-refractivity contribution in [1.82, 2.24) is 24.9 Å². The lowest BCUT2D eigenvalue weighted by atomic mass is 10.1. The molecule has 1 amide bonds. The molecule has 0 spiro atoms. The van der Waals surface area contributed by atoms with E-state index in [-0.39, 0.29) is 5.91 Å². The van der Waals surface area contributed by atoms with Crippen molar-refractivity contribution < 1.29 is 13.9 Å². The molecule has 32 heavy (non-hydrogen) atoms. The van der Waals surface area contributed by atoms with E-state index in [0.29, 0.717) is 42.3 Å². The monoisotopic (exact) mass is 435 g/mol. The molecule has 0 aliphatic carbocycles. The molecule has 1 aliphatic heterocycles. The smallest absolute Gasteiger partial charge is 0.258 e. The Morgan fingerprint density at radius 1 is 1.31 bits per heavy atom. The maximum atomic E-state index is 13.4. The van der Waals surface area contributed by atoms with Gasteiger partial charge in [-0.15, -0.1) is 0 Å². The highest BCUT2D eigenvalue weighted by Crippen LogP contribution is 2.23. The lowest BCUT2D eigenvalue weighted by Crippen LogP contribution is -2.37. The molecule has 1 aromatic carbocycles. The standard InChI is InChI=1S/C22H22FN7O2/c1-15-2-4-19(30-27-8-9-28-30)18(12-15)22(31)29-10-11-32-21(29)13-17(24)6-7-25-20-5-3-16(23)14-26-20/h2-9,12,14,21H,10-11,13,24H2,1H3. The third kappa shape index (κ3) is 4.86. The van der Waals surface area contributed by atoms with Crippen molar-refractivity contribution in [2.24, 2.45) is 10.7 Å². The fourth-order valence-electron chi connectivity index (χ4n) is 3.34. The molecular weight excluding hydrogens is 413 g/mol. The van der Waals surface area contributed by atoms with E-state index in [0.717, 1.165) is 11.8 Å². The summed E-state index contributed by atoms with van der Waals surface area (Å²) in [6.45, 7) is 2.79. The molecule has 0 bridgehead atoms. The van der Waals surface area contributed by atoms with Crippen molar-refractivity contribution in [1.29, 1.82) is 0 Å². The number of amides is 1. The second-order valence-corrected chi connectivity index (χ2v) is 7.22. The highest BCUT2D eigenvalue weighted by atomic mass is 19.1. The molecule has 1 aliphatic rings. The van der Waals surface area contributed by atoms with Crippen molar-refractivity contribution >= 4 is 17.9 Å². The largest absolute Gasteiger partial charge is 0.402 e. The van der Waals surface area contributed by atoms with Gasteiger partial charge in [0, 0.05) is 24.9 Å². The summed E-state index contributed by atoms with van der Waals surface area (Å²) in [5.41, 5.74) is 8.64. The van der Waals surface area contributed by atoms with Gasteiger partial charge in [-0.25, -0.2) is 14.4 Å². The number of nitrogens with two attached hydrogens (primary N) is 1. The first-order chi connectivity index (χ1) is 15.5. The minimum Gasteiger partial charge on any atom is -0.402 e. The number of nitrogens with zero attached hydrogens (tertiary/aromatic N) is 6. The summed E-state index contributed by atoms with van der Waals surface area (Å²) in [6, 6.07) is 8.29. The van der Waals surface area contributed by atoms with Gasteiger partial charge in [0.25, 0.3) is 5.91 Å². The van der Waals surface area contributed by atoms with E-state index in [1.165, 1.54) is 23.1 Å². The Kier molecular flexibility index (Phi) is 6.31. The lowest BCUT2D eigenvalue weighted by Gasteiger charge is -2.24. The zero-order chi connectivity index (χ0) is 22.5. The molecule has 0 saturated carbocycles. The number of carbonyl (C=O) groups is 1. The Morgan fingerprint density at radius 3 is 2.88 bits per heavy atom. The Morgan fingerprint density at radius 2 is 2.12 bits per heavy atom. The minimum absolute atomic E-state index is 0.180. The second kappa shape index (κ2) is 9.48. The van der Waals surface area contributed by atoms with Crippen LogP contribution in [0.15, 0.2) is 65.7 Å². The highest BCUT2D eigenvalue weighted by Gasteiger charge is 2.32. The summed E-state index contributed by atoms with van der Waals surface area (Å²) in [6.07, 6.45) is 7.12. The molecule has 3 heterocycles. The number of aliphatic imine (C=N–C) groups is 1. The summed E-state index contributed by atoms with van der Waals surface area (Å²) in [7, 11) is 0. The molecule has 2 N–H and O–H groups in total. The van der Waals surface area contributed by atoms with Crippen LogP contribution in [-0.2, 0) is 4.74 Å². The Labute approximate surface area is 184 Å². The van der Waals surface area contributed by atoms with Crippen LogP contribution in [0.4, 0.5) is 10.2 Å². The number of benzene rings is 1. The first kappa shape index (κ1) is 21.3. The number of allylic oxidation sites excluding steroid dienone is 1. The van der Waals surface area contributed by atoms with Crippen LogP contribution in [-0.4, -0.2) is 56.4 Å². The van der Waals surface area contributed by atoms with Crippen LogP contribution in [0, 0.1) is 12.7 Å². The molecule has 1 unspecified atom stereocenters. The van der Waals surface area contributed by atoms with Crippen molar-refractivity contribution in [3.05, 3.63) is 77.6 Å². The summed E-state index contributed by atoms with van der Waals surface area (Å²) >= 11 is 0. The summed E-state index contributed by atoms with van der Waals surface area (Å²) < 4.78 is 18.7. The molecular formula is C22H22FN7O2. The molecule has 164 valence electrons. The number of halogens is 1. The lowest BCUT2D eigenvalue weighted by molar-refractivity contribution is 0.0284.